The lowest BCUT2D eigenvalue weighted by molar-refractivity contribution is -0.0885. The summed E-state index contributed by atoms with van der Waals surface area (Å²) in [5, 5.41) is 8.72. The number of carbonyl (C=O) groups excluding carboxylic acids is 1. The topological polar surface area (TPSA) is 37.3 Å². The highest BCUT2D eigenvalue weighted by atomic mass is 19.4. The Labute approximate surface area is 75.8 Å². The lowest BCUT2D eigenvalue weighted by atomic mass is 10.1. The fraction of sp³-hybridized carbons (Fsp3) is 0.125. The third kappa shape index (κ3) is 2.01. The molecule has 76 valence electrons. The van der Waals surface area contributed by atoms with Gasteiger partial charge in [-0.25, -0.2) is 4.39 Å². The maximum atomic E-state index is 12.4. The normalized spacial score (nSPS) is 11.4. The van der Waals surface area contributed by atoms with E-state index in [1.54, 1.807) is 0 Å². The van der Waals surface area contributed by atoms with E-state index in [2.05, 4.69) is 0 Å². The molecule has 0 aromatic heterocycles. The quantitative estimate of drug-likeness (QED) is 0.567. The second-order valence-corrected chi connectivity index (χ2v) is 2.49. The molecule has 2 nitrogen and oxygen atoms in total. The minimum Gasteiger partial charge on any atom is -0.505 e. The van der Waals surface area contributed by atoms with Crippen LogP contribution in [0.2, 0.25) is 0 Å². The number of alkyl halides is 3. The first-order valence-electron chi connectivity index (χ1n) is 3.42. The van der Waals surface area contributed by atoms with Gasteiger partial charge >= 0.3 is 6.18 Å². The van der Waals surface area contributed by atoms with Crippen LogP contribution in [0.3, 0.4) is 0 Å². The van der Waals surface area contributed by atoms with Gasteiger partial charge in [-0.2, -0.15) is 13.2 Å². The van der Waals surface area contributed by atoms with Crippen molar-refractivity contribution in [3.63, 3.8) is 0 Å². The Hall–Kier alpha value is -1.59. The molecule has 1 rings (SSSR count). The SMILES string of the molecule is O=C(c1ccc(F)c(O)c1)C(F)(F)F. The number of hydrogen-bond donors (Lipinski definition) is 1. The smallest absolute Gasteiger partial charge is 0.454 e. The summed E-state index contributed by atoms with van der Waals surface area (Å²) in [7, 11) is 0. The van der Waals surface area contributed by atoms with Crippen LogP contribution in [-0.2, 0) is 0 Å². The van der Waals surface area contributed by atoms with E-state index in [-0.39, 0.29) is 0 Å². The third-order valence-corrected chi connectivity index (χ3v) is 1.47. The second-order valence-electron chi connectivity index (χ2n) is 2.49. The number of benzene rings is 1. The van der Waals surface area contributed by atoms with Gasteiger partial charge in [0.25, 0.3) is 5.78 Å². The van der Waals surface area contributed by atoms with E-state index in [0.717, 1.165) is 0 Å². The van der Waals surface area contributed by atoms with E-state index in [4.69, 9.17) is 5.11 Å². The van der Waals surface area contributed by atoms with Crippen LogP contribution in [0.25, 0.3) is 0 Å². The van der Waals surface area contributed by atoms with Crippen molar-refractivity contribution in [2.75, 3.05) is 0 Å². The minimum absolute atomic E-state index is 0.436. The summed E-state index contributed by atoms with van der Waals surface area (Å²) >= 11 is 0. The van der Waals surface area contributed by atoms with Gasteiger partial charge in [-0.1, -0.05) is 0 Å². The van der Waals surface area contributed by atoms with Crippen molar-refractivity contribution in [2.45, 2.75) is 6.18 Å². The largest absolute Gasteiger partial charge is 0.505 e. The van der Waals surface area contributed by atoms with Crippen LogP contribution in [0.15, 0.2) is 18.2 Å². The van der Waals surface area contributed by atoms with E-state index >= 15 is 0 Å². The predicted octanol–water partition coefficient (Wildman–Crippen LogP) is 2.28. The predicted molar refractivity (Wildman–Crippen MR) is 38.5 cm³/mol. The summed E-state index contributed by atoms with van der Waals surface area (Å²) in [6.07, 6.45) is -5.02. The average Bonchev–Trinajstić information content (AvgIpc) is 2.07. The van der Waals surface area contributed by atoms with E-state index in [1.165, 1.54) is 0 Å². The van der Waals surface area contributed by atoms with Gasteiger partial charge in [-0.15, -0.1) is 0 Å². The Bertz CT molecular complexity index is 370. The molecule has 1 aromatic carbocycles. The maximum absolute atomic E-state index is 12.4. The molecule has 14 heavy (non-hydrogen) atoms. The molecule has 0 aliphatic rings. The highest BCUT2D eigenvalue weighted by Gasteiger charge is 2.39. The molecule has 0 radical (unpaired) electrons. The fourth-order valence-electron chi connectivity index (χ4n) is 0.818. The molecule has 0 atom stereocenters. The van der Waals surface area contributed by atoms with Crippen LogP contribution in [0.1, 0.15) is 10.4 Å². The van der Waals surface area contributed by atoms with Gasteiger partial charge in [0, 0.05) is 5.56 Å². The van der Waals surface area contributed by atoms with Crippen LogP contribution in [0.5, 0.6) is 5.75 Å². The Morgan fingerprint density at radius 2 is 1.86 bits per heavy atom. The second kappa shape index (κ2) is 3.28. The van der Waals surface area contributed by atoms with Crippen molar-refractivity contribution >= 4 is 5.78 Å². The van der Waals surface area contributed by atoms with Crippen LogP contribution in [-0.4, -0.2) is 17.1 Å². The average molecular weight is 208 g/mol. The van der Waals surface area contributed by atoms with E-state index < -0.39 is 29.1 Å². The molecule has 0 unspecified atom stereocenters. The Kier molecular flexibility index (Phi) is 2.46. The molecule has 0 saturated heterocycles. The minimum atomic E-state index is -5.02. The molecular weight excluding hydrogens is 204 g/mol. The lowest BCUT2D eigenvalue weighted by Crippen LogP contribution is -2.22. The van der Waals surface area contributed by atoms with Gasteiger partial charge < -0.3 is 5.11 Å². The molecule has 1 aromatic rings. The molecule has 0 saturated carbocycles. The summed E-state index contributed by atoms with van der Waals surface area (Å²) in [4.78, 5) is 10.6. The van der Waals surface area contributed by atoms with Gasteiger partial charge in [0.15, 0.2) is 11.6 Å². The van der Waals surface area contributed by atoms with E-state index in [1.807, 2.05) is 0 Å². The summed E-state index contributed by atoms with van der Waals surface area (Å²) in [6.45, 7) is 0. The van der Waals surface area contributed by atoms with E-state index in [9.17, 15) is 22.4 Å². The zero-order valence-corrected chi connectivity index (χ0v) is 6.60. The number of phenolic OH excluding ortho intramolecular Hbond substituents is 1. The summed E-state index contributed by atoms with van der Waals surface area (Å²) in [5.41, 5.74) is -0.795. The summed E-state index contributed by atoms with van der Waals surface area (Å²) in [5.74, 6) is -4.18. The van der Waals surface area contributed by atoms with Crippen molar-refractivity contribution < 1.29 is 27.5 Å². The van der Waals surface area contributed by atoms with Crippen LogP contribution >= 0.6 is 0 Å². The van der Waals surface area contributed by atoms with Crippen molar-refractivity contribution in [3.05, 3.63) is 29.6 Å². The Balaban J connectivity index is 3.10. The highest BCUT2D eigenvalue weighted by molar-refractivity contribution is 6.00. The van der Waals surface area contributed by atoms with Crippen molar-refractivity contribution in [1.82, 2.24) is 0 Å². The van der Waals surface area contributed by atoms with Gasteiger partial charge in [-0.05, 0) is 18.2 Å². The first-order valence-corrected chi connectivity index (χ1v) is 3.42. The van der Waals surface area contributed by atoms with Crippen LogP contribution in [0, 0.1) is 5.82 Å². The summed E-state index contributed by atoms with van der Waals surface area (Å²) in [6, 6.07) is 1.68. The Morgan fingerprint density at radius 3 is 2.29 bits per heavy atom. The number of rotatable bonds is 1. The molecular formula is C8H4F4O2. The first kappa shape index (κ1) is 10.5. The molecule has 0 aliphatic carbocycles. The standard InChI is InChI=1S/C8H4F4O2/c9-5-2-1-4(3-6(5)13)7(14)8(10,11)12/h1-3,13H. The number of carbonyl (C=O) groups is 1. The molecule has 0 spiro atoms. The summed E-state index contributed by atoms with van der Waals surface area (Å²) < 4.78 is 47.9. The zero-order valence-electron chi connectivity index (χ0n) is 6.60. The van der Waals surface area contributed by atoms with E-state index in [0.29, 0.717) is 18.2 Å². The number of ketones is 1. The monoisotopic (exact) mass is 208 g/mol. The third-order valence-electron chi connectivity index (χ3n) is 1.47. The molecule has 0 fully saturated rings. The number of phenols is 1. The van der Waals surface area contributed by atoms with Crippen molar-refractivity contribution in [3.8, 4) is 5.75 Å². The Morgan fingerprint density at radius 1 is 1.29 bits per heavy atom. The number of aromatic hydroxyl groups is 1. The number of halogens is 4. The van der Waals surface area contributed by atoms with Gasteiger partial charge in [-0.3, -0.25) is 4.79 Å². The van der Waals surface area contributed by atoms with Crippen LogP contribution in [0.4, 0.5) is 17.6 Å². The fourth-order valence-corrected chi connectivity index (χ4v) is 0.818. The van der Waals surface area contributed by atoms with Crippen molar-refractivity contribution in [1.29, 1.82) is 0 Å². The molecule has 0 heterocycles. The number of Topliss-reactive ketones (excluding diaryl/α,β-unsaturated/α-hetero) is 1. The van der Waals surface area contributed by atoms with Gasteiger partial charge in [0.05, 0.1) is 0 Å². The number of hydrogen-bond acceptors (Lipinski definition) is 2. The molecule has 0 amide bonds. The molecule has 0 bridgehead atoms. The maximum Gasteiger partial charge on any atom is 0.454 e. The van der Waals surface area contributed by atoms with Crippen LogP contribution < -0.4 is 0 Å². The molecule has 6 heteroatoms. The van der Waals surface area contributed by atoms with Gasteiger partial charge in [0.1, 0.15) is 0 Å². The first-order chi connectivity index (χ1) is 6.32. The van der Waals surface area contributed by atoms with Crippen molar-refractivity contribution in [2.24, 2.45) is 0 Å². The molecule has 0 aliphatic heterocycles. The zero-order chi connectivity index (χ0) is 10.9. The highest BCUT2D eigenvalue weighted by Crippen LogP contribution is 2.24. The molecule has 1 N–H and O–H groups in total. The lowest BCUT2D eigenvalue weighted by Gasteiger charge is -2.05. The van der Waals surface area contributed by atoms with Gasteiger partial charge in [0.2, 0.25) is 0 Å².